The molecule has 1 unspecified atom stereocenters. The molecule has 1 heterocycles. The molecule has 0 aliphatic heterocycles. The van der Waals surface area contributed by atoms with Crippen LogP contribution >= 0.6 is 35.7 Å². The molecule has 0 radical (unpaired) electrons. The van der Waals surface area contributed by atoms with Gasteiger partial charge in [-0.3, -0.25) is 23.7 Å². The second-order valence-electron chi connectivity index (χ2n) is 6.12. The van der Waals surface area contributed by atoms with Crippen molar-refractivity contribution in [2.75, 3.05) is 11.9 Å². The van der Waals surface area contributed by atoms with E-state index in [1.54, 1.807) is 13.8 Å². The number of aromatic amines is 1. The summed E-state index contributed by atoms with van der Waals surface area (Å²) in [5, 5.41) is 12.3. The molecule has 0 aliphatic rings. The fourth-order valence-corrected chi connectivity index (χ4v) is 3.45. The standard InChI is InChI=1S/C15H24BrClN3O8P/c1-8(2)27-14(23)9(3)19-29(25)26-7-10(13(17)22)28-12(6-16)20-5-4-11(21)18-15(20)24/h4-5,8-10,12-13,22,29H,6-7H2,1-3H3,(H,19,25)(H,18,21,24)/t9-,10+,12+,13+/m0/s1. The number of carbonyl (C=O) groups excluding carboxylic acids is 1. The molecule has 14 heteroatoms. The third-order valence-corrected chi connectivity index (χ3v) is 5.28. The van der Waals surface area contributed by atoms with Crippen molar-refractivity contribution in [2.24, 2.45) is 0 Å². The molecule has 5 atom stereocenters. The lowest BCUT2D eigenvalue weighted by atomic mass is 10.4. The first kappa shape index (κ1) is 26.0. The highest BCUT2D eigenvalue weighted by Gasteiger charge is 2.25. The van der Waals surface area contributed by atoms with E-state index in [1.807, 2.05) is 0 Å². The van der Waals surface area contributed by atoms with E-state index < -0.39 is 55.9 Å². The van der Waals surface area contributed by atoms with Crippen molar-refractivity contribution in [1.82, 2.24) is 14.6 Å². The SMILES string of the molecule is CC(C)OC(=O)[C@H](C)N[PH](=O)OC[C@@H](O[C@H](CBr)n1ccc(=O)[nH]c1=O)[C@@H](O)Cl. The third-order valence-electron chi connectivity index (χ3n) is 3.35. The average Bonchev–Trinajstić information content (AvgIpc) is 2.61. The number of hydrogen-bond donors (Lipinski definition) is 3. The minimum absolute atomic E-state index is 0.116. The summed E-state index contributed by atoms with van der Waals surface area (Å²) in [5.41, 5.74) is -2.85. The fourth-order valence-electron chi connectivity index (χ4n) is 1.99. The number of carbonyl (C=O) groups is 1. The van der Waals surface area contributed by atoms with Gasteiger partial charge in [0.1, 0.15) is 18.4 Å². The first-order chi connectivity index (χ1) is 13.5. The molecule has 3 N–H and O–H groups in total. The number of nitrogens with one attached hydrogen (secondary N) is 2. The van der Waals surface area contributed by atoms with Crippen molar-refractivity contribution in [2.45, 2.75) is 50.8 Å². The van der Waals surface area contributed by atoms with E-state index in [4.69, 9.17) is 25.6 Å². The molecular weight excluding hydrogens is 497 g/mol. The van der Waals surface area contributed by atoms with Crippen LogP contribution in [0.5, 0.6) is 0 Å². The second kappa shape index (κ2) is 12.6. The number of hydrogen-bond acceptors (Lipinski definition) is 8. The Labute approximate surface area is 180 Å². The highest BCUT2D eigenvalue weighted by molar-refractivity contribution is 9.09. The minimum atomic E-state index is -2.89. The van der Waals surface area contributed by atoms with Gasteiger partial charge in [-0.25, -0.2) is 9.88 Å². The number of aromatic nitrogens is 2. The van der Waals surface area contributed by atoms with Crippen LogP contribution in [0, 0.1) is 0 Å². The number of nitrogens with zero attached hydrogens (tertiary/aromatic N) is 1. The first-order valence-corrected chi connectivity index (χ1v) is 11.4. The molecule has 29 heavy (non-hydrogen) atoms. The number of esters is 1. The summed E-state index contributed by atoms with van der Waals surface area (Å²) in [6.07, 6.45) is -1.22. The number of rotatable bonds is 12. The van der Waals surface area contributed by atoms with Gasteiger partial charge in [0, 0.05) is 17.6 Å². The maximum Gasteiger partial charge on any atom is 0.330 e. The highest BCUT2D eigenvalue weighted by atomic mass is 79.9. The predicted octanol–water partition coefficient (Wildman–Crippen LogP) is 0.709. The van der Waals surface area contributed by atoms with Crippen molar-refractivity contribution in [3.63, 3.8) is 0 Å². The van der Waals surface area contributed by atoms with Gasteiger partial charge in [-0.1, -0.05) is 27.5 Å². The van der Waals surface area contributed by atoms with Gasteiger partial charge in [-0.15, -0.1) is 0 Å². The van der Waals surface area contributed by atoms with E-state index >= 15 is 0 Å². The Kier molecular flexibility index (Phi) is 11.3. The molecule has 0 bridgehead atoms. The Balaban J connectivity index is 2.70. The number of alkyl halides is 2. The second-order valence-corrected chi connectivity index (χ2v) is 8.37. The van der Waals surface area contributed by atoms with E-state index in [0.29, 0.717) is 0 Å². The van der Waals surface area contributed by atoms with Gasteiger partial charge >= 0.3 is 11.7 Å². The molecule has 11 nitrogen and oxygen atoms in total. The molecular formula is C15H24BrClN3O8P. The molecule has 1 aromatic heterocycles. The molecule has 0 aliphatic carbocycles. The van der Waals surface area contributed by atoms with Gasteiger partial charge in [0.2, 0.25) is 0 Å². The largest absolute Gasteiger partial charge is 0.462 e. The summed E-state index contributed by atoms with van der Waals surface area (Å²) in [6.45, 7) is 4.43. The van der Waals surface area contributed by atoms with Crippen LogP contribution in [0.25, 0.3) is 0 Å². The summed E-state index contributed by atoms with van der Waals surface area (Å²) in [5.74, 6) is -0.594. The van der Waals surface area contributed by atoms with Gasteiger partial charge in [0.25, 0.3) is 13.7 Å². The van der Waals surface area contributed by atoms with Gasteiger partial charge in [0.15, 0.2) is 5.56 Å². The topological polar surface area (TPSA) is 149 Å². The summed E-state index contributed by atoms with van der Waals surface area (Å²) < 4.78 is 28.8. The number of aliphatic hydroxyl groups excluding tert-OH is 1. The van der Waals surface area contributed by atoms with Crippen LogP contribution in [0.15, 0.2) is 21.9 Å². The van der Waals surface area contributed by atoms with Crippen LogP contribution < -0.4 is 16.3 Å². The number of H-pyrrole nitrogens is 1. The van der Waals surface area contributed by atoms with E-state index in [-0.39, 0.29) is 11.4 Å². The van der Waals surface area contributed by atoms with Crippen LogP contribution in [-0.2, 0) is 23.4 Å². The molecule has 0 saturated heterocycles. The monoisotopic (exact) mass is 519 g/mol. The molecule has 0 spiro atoms. The molecule has 0 fully saturated rings. The highest BCUT2D eigenvalue weighted by Crippen LogP contribution is 2.22. The average molecular weight is 521 g/mol. The third kappa shape index (κ3) is 9.12. The lowest BCUT2D eigenvalue weighted by Crippen LogP contribution is -2.38. The van der Waals surface area contributed by atoms with Crippen LogP contribution in [0.3, 0.4) is 0 Å². The van der Waals surface area contributed by atoms with Crippen molar-refractivity contribution < 1.29 is 28.5 Å². The Morgan fingerprint density at radius 3 is 2.59 bits per heavy atom. The van der Waals surface area contributed by atoms with E-state index in [2.05, 4.69) is 26.0 Å². The smallest absolute Gasteiger partial charge is 0.330 e. The van der Waals surface area contributed by atoms with Crippen molar-refractivity contribution in [1.29, 1.82) is 0 Å². The van der Waals surface area contributed by atoms with Gasteiger partial charge in [-0.05, 0) is 20.8 Å². The summed E-state index contributed by atoms with van der Waals surface area (Å²) in [4.78, 5) is 36.9. The van der Waals surface area contributed by atoms with E-state index in [9.17, 15) is 24.1 Å². The number of halogens is 2. The maximum absolute atomic E-state index is 12.0. The first-order valence-electron chi connectivity index (χ1n) is 8.54. The molecule has 0 amide bonds. The number of aliphatic hydroxyl groups is 1. The van der Waals surface area contributed by atoms with E-state index in [0.717, 1.165) is 10.6 Å². The van der Waals surface area contributed by atoms with E-state index in [1.165, 1.54) is 13.1 Å². The summed E-state index contributed by atoms with van der Waals surface area (Å²) in [6, 6.07) is 0.252. The zero-order valence-corrected chi connectivity index (χ0v) is 19.3. The Hall–Kier alpha value is -1.01. The van der Waals surface area contributed by atoms with Crippen LogP contribution in [0.2, 0.25) is 0 Å². The minimum Gasteiger partial charge on any atom is -0.462 e. The fraction of sp³-hybridized carbons (Fsp3) is 0.667. The quantitative estimate of drug-likeness (QED) is 0.206. The molecule has 1 aromatic rings. The van der Waals surface area contributed by atoms with Gasteiger partial charge in [-0.2, -0.15) is 0 Å². The zero-order chi connectivity index (χ0) is 22.1. The Morgan fingerprint density at radius 2 is 2.07 bits per heavy atom. The Bertz CT molecular complexity index is 802. The van der Waals surface area contributed by atoms with Crippen molar-refractivity contribution in [3.8, 4) is 0 Å². The molecule has 166 valence electrons. The van der Waals surface area contributed by atoms with Gasteiger partial charge < -0.3 is 19.1 Å². The van der Waals surface area contributed by atoms with Crippen LogP contribution in [0.4, 0.5) is 0 Å². The molecule has 0 aromatic carbocycles. The lowest BCUT2D eigenvalue weighted by Gasteiger charge is -2.25. The zero-order valence-electron chi connectivity index (χ0n) is 16.0. The van der Waals surface area contributed by atoms with Crippen LogP contribution in [0.1, 0.15) is 27.0 Å². The van der Waals surface area contributed by atoms with Crippen LogP contribution in [-0.4, -0.2) is 56.4 Å². The predicted molar refractivity (Wildman–Crippen MR) is 110 cm³/mol. The Morgan fingerprint density at radius 1 is 1.41 bits per heavy atom. The number of ether oxygens (including phenoxy) is 2. The maximum atomic E-state index is 12.0. The molecule has 1 rings (SSSR count). The van der Waals surface area contributed by atoms with Crippen molar-refractivity contribution >= 4 is 41.7 Å². The lowest BCUT2D eigenvalue weighted by molar-refractivity contribution is -0.149. The van der Waals surface area contributed by atoms with Crippen molar-refractivity contribution in [3.05, 3.63) is 33.1 Å². The summed E-state index contributed by atoms with van der Waals surface area (Å²) >= 11 is 8.87. The normalized spacial score (nSPS) is 16.8. The van der Waals surface area contributed by atoms with Gasteiger partial charge in [0.05, 0.1) is 12.7 Å². The summed E-state index contributed by atoms with van der Waals surface area (Å²) in [7, 11) is -2.89. The molecule has 0 saturated carbocycles.